The molecule has 1 unspecified atom stereocenters. The van der Waals surface area contributed by atoms with Gasteiger partial charge >= 0.3 is 0 Å². The summed E-state index contributed by atoms with van der Waals surface area (Å²) in [6.45, 7) is 5.04. The van der Waals surface area contributed by atoms with E-state index in [1.165, 1.54) is 0 Å². The molecular weight excluding hydrogens is 364 g/mol. The van der Waals surface area contributed by atoms with Gasteiger partial charge < -0.3 is 9.42 Å². The van der Waals surface area contributed by atoms with Crippen molar-refractivity contribution in [3.05, 3.63) is 65.5 Å². The van der Waals surface area contributed by atoms with Crippen molar-refractivity contribution in [3.63, 3.8) is 0 Å². The maximum Gasteiger partial charge on any atom is 0.244 e. The summed E-state index contributed by atoms with van der Waals surface area (Å²) in [5, 5.41) is 23.0. The Morgan fingerprint density at radius 2 is 1.59 bits per heavy atom. The zero-order chi connectivity index (χ0) is 20.2. The van der Waals surface area contributed by atoms with Crippen LogP contribution in [0.1, 0.15) is 30.0 Å². The van der Waals surface area contributed by atoms with E-state index in [4.69, 9.17) is 4.52 Å². The molecule has 0 amide bonds. The summed E-state index contributed by atoms with van der Waals surface area (Å²) in [7, 11) is 0. The second kappa shape index (κ2) is 8.14. The molecule has 1 aliphatic heterocycles. The summed E-state index contributed by atoms with van der Waals surface area (Å²) in [5.74, 6) is 1.18. The minimum Gasteiger partial charge on any atom is -0.367 e. The third-order valence-electron chi connectivity index (χ3n) is 5.29. The number of hydrogen-bond donors (Lipinski definition) is 0. The Morgan fingerprint density at radius 3 is 2.21 bits per heavy atom. The molecule has 0 bridgehead atoms. The maximum atomic E-state index is 9.43. The van der Waals surface area contributed by atoms with E-state index in [9.17, 15) is 10.5 Å². The van der Waals surface area contributed by atoms with Crippen molar-refractivity contribution >= 4 is 5.69 Å². The molecule has 4 rings (SSSR count). The second-order valence-corrected chi connectivity index (χ2v) is 6.95. The first-order valence-electron chi connectivity index (χ1n) is 9.52. The molecule has 7 heteroatoms. The molecule has 29 heavy (non-hydrogen) atoms. The molecule has 2 heterocycles. The third-order valence-corrected chi connectivity index (χ3v) is 5.29. The molecule has 0 radical (unpaired) electrons. The lowest BCUT2D eigenvalue weighted by atomic mass is 10.1. The number of rotatable bonds is 4. The van der Waals surface area contributed by atoms with Gasteiger partial charge in [-0.05, 0) is 19.1 Å². The summed E-state index contributed by atoms with van der Waals surface area (Å²) in [6.07, 6.45) is 0. The number of anilines is 1. The quantitative estimate of drug-likeness (QED) is 0.681. The molecule has 3 aromatic rings. The number of benzene rings is 2. The lowest BCUT2D eigenvalue weighted by molar-refractivity contribution is 0.164. The van der Waals surface area contributed by atoms with Gasteiger partial charge in [0.2, 0.25) is 11.7 Å². The highest BCUT2D eigenvalue weighted by molar-refractivity contribution is 5.68. The van der Waals surface area contributed by atoms with Gasteiger partial charge in [-0.3, -0.25) is 4.90 Å². The van der Waals surface area contributed by atoms with Crippen LogP contribution in [0, 0.1) is 22.7 Å². The van der Waals surface area contributed by atoms with E-state index in [0.29, 0.717) is 22.8 Å². The van der Waals surface area contributed by atoms with Gasteiger partial charge in [0.15, 0.2) is 0 Å². The Bertz CT molecular complexity index is 1040. The van der Waals surface area contributed by atoms with Gasteiger partial charge in [0.25, 0.3) is 0 Å². The molecule has 2 aromatic carbocycles. The van der Waals surface area contributed by atoms with Gasteiger partial charge in [-0.15, -0.1) is 0 Å². The van der Waals surface area contributed by atoms with Gasteiger partial charge in [0.1, 0.15) is 12.1 Å². The predicted octanol–water partition coefficient (Wildman–Crippen LogP) is 3.36. The first kappa shape index (κ1) is 18.7. The van der Waals surface area contributed by atoms with Crippen molar-refractivity contribution in [1.82, 2.24) is 15.0 Å². The largest absolute Gasteiger partial charge is 0.367 e. The number of aromatic nitrogens is 2. The molecular formula is C22H20N6O. The van der Waals surface area contributed by atoms with E-state index in [2.05, 4.69) is 39.0 Å². The molecule has 1 atom stereocenters. The van der Waals surface area contributed by atoms with E-state index in [0.717, 1.165) is 37.4 Å². The number of hydrogen-bond acceptors (Lipinski definition) is 7. The van der Waals surface area contributed by atoms with Crippen LogP contribution in [0.25, 0.3) is 11.4 Å². The zero-order valence-electron chi connectivity index (χ0n) is 16.1. The molecule has 0 N–H and O–H groups in total. The standard InChI is InChI=1S/C22H20N6O/c1-16(22-25-21(26-29-22)17-6-3-2-4-7-17)27-10-12-28(13-11-27)20-18(14-23)8-5-9-19(20)15-24/h2-9,16H,10-13H2,1H3. The molecule has 1 fully saturated rings. The average Bonchev–Trinajstić information content (AvgIpc) is 3.29. The molecule has 0 spiro atoms. The fraction of sp³-hybridized carbons (Fsp3) is 0.273. The van der Waals surface area contributed by atoms with Crippen molar-refractivity contribution in [2.24, 2.45) is 0 Å². The summed E-state index contributed by atoms with van der Waals surface area (Å²) in [5.41, 5.74) is 2.73. The Labute approximate surface area is 169 Å². The van der Waals surface area contributed by atoms with Gasteiger partial charge in [0, 0.05) is 31.7 Å². The number of para-hydroxylation sites is 1. The number of piperazine rings is 1. The van der Waals surface area contributed by atoms with Crippen molar-refractivity contribution in [3.8, 4) is 23.5 Å². The van der Waals surface area contributed by atoms with Crippen molar-refractivity contribution in [2.45, 2.75) is 13.0 Å². The van der Waals surface area contributed by atoms with E-state index >= 15 is 0 Å². The van der Waals surface area contributed by atoms with Crippen molar-refractivity contribution in [1.29, 1.82) is 10.5 Å². The highest BCUT2D eigenvalue weighted by atomic mass is 16.5. The molecule has 1 saturated heterocycles. The van der Waals surface area contributed by atoms with Gasteiger partial charge in [-0.2, -0.15) is 15.5 Å². The van der Waals surface area contributed by atoms with E-state index in [1.54, 1.807) is 18.2 Å². The zero-order valence-corrected chi connectivity index (χ0v) is 16.1. The molecule has 1 aromatic heterocycles. The third kappa shape index (κ3) is 3.69. The fourth-order valence-electron chi connectivity index (χ4n) is 3.66. The molecule has 7 nitrogen and oxygen atoms in total. The Hall–Kier alpha value is -3.68. The van der Waals surface area contributed by atoms with Crippen LogP contribution in [0.15, 0.2) is 53.1 Å². The highest BCUT2D eigenvalue weighted by Crippen LogP contribution is 2.28. The lowest BCUT2D eigenvalue weighted by Gasteiger charge is -2.38. The monoisotopic (exact) mass is 384 g/mol. The van der Waals surface area contributed by atoms with Crippen LogP contribution >= 0.6 is 0 Å². The normalized spacial score (nSPS) is 15.5. The topological polar surface area (TPSA) is 93.0 Å². The molecule has 1 aliphatic rings. The van der Waals surface area contributed by atoms with Crippen LogP contribution in [-0.4, -0.2) is 41.2 Å². The minimum absolute atomic E-state index is 0.0104. The fourth-order valence-corrected chi connectivity index (χ4v) is 3.66. The Kier molecular flexibility index (Phi) is 5.24. The van der Waals surface area contributed by atoms with Gasteiger partial charge in [0.05, 0.1) is 22.9 Å². The van der Waals surface area contributed by atoms with Crippen LogP contribution in [0.2, 0.25) is 0 Å². The highest BCUT2D eigenvalue weighted by Gasteiger charge is 2.27. The Balaban J connectivity index is 1.46. The summed E-state index contributed by atoms with van der Waals surface area (Å²) in [6, 6.07) is 19.4. The van der Waals surface area contributed by atoms with Crippen LogP contribution in [-0.2, 0) is 0 Å². The summed E-state index contributed by atoms with van der Waals surface area (Å²) < 4.78 is 5.52. The van der Waals surface area contributed by atoms with Crippen LogP contribution in [0.4, 0.5) is 5.69 Å². The average molecular weight is 384 g/mol. The van der Waals surface area contributed by atoms with E-state index < -0.39 is 0 Å². The first-order chi connectivity index (χ1) is 14.2. The molecule has 0 aliphatic carbocycles. The number of nitrogens with zero attached hydrogens (tertiary/aromatic N) is 6. The van der Waals surface area contributed by atoms with E-state index in [1.807, 2.05) is 30.3 Å². The summed E-state index contributed by atoms with van der Waals surface area (Å²) in [4.78, 5) is 8.96. The van der Waals surface area contributed by atoms with Crippen LogP contribution < -0.4 is 4.90 Å². The van der Waals surface area contributed by atoms with Crippen LogP contribution in [0.3, 0.4) is 0 Å². The maximum absolute atomic E-state index is 9.43. The van der Waals surface area contributed by atoms with Crippen molar-refractivity contribution in [2.75, 3.05) is 31.1 Å². The van der Waals surface area contributed by atoms with Crippen molar-refractivity contribution < 1.29 is 4.52 Å². The summed E-state index contributed by atoms with van der Waals surface area (Å²) >= 11 is 0. The van der Waals surface area contributed by atoms with Gasteiger partial charge in [-0.25, -0.2) is 0 Å². The SMILES string of the molecule is CC(c1nc(-c2ccccc2)no1)N1CCN(c2c(C#N)cccc2C#N)CC1. The molecule has 0 saturated carbocycles. The minimum atomic E-state index is -0.0104. The second-order valence-electron chi connectivity index (χ2n) is 6.95. The first-order valence-corrected chi connectivity index (χ1v) is 9.52. The smallest absolute Gasteiger partial charge is 0.244 e. The van der Waals surface area contributed by atoms with Crippen LogP contribution in [0.5, 0.6) is 0 Å². The lowest BCUT2D eigenvalue weighted by Crippen LogP contribution is -2.47. The molecule has 144 valence electrons. The predicted molar refractivity (Wildman–Crippen MR) is 108 cm³/mol. The van der Waals surface area contributed by atoms with E-state index in [-0.39, 0.29) is 6.04 Å². The van der Waals surface area contributed by atoms with Gasteiger partial charge in [-0.1, -0.05) is 41.6 Å². The number of nitriles is 2. The Morgan fingerprint density at radius 1 is 0.931 bits per heavy atom.